The lowest BCUT2D eigenvalue weighted by Crippen LogP contribution is -2.30. The highest BCUT2D eigenvalue weighted by Crippen LogP contribution is 2.23. The molecule has 0 spiro atoms. The summed E-state index contributed by atoms with van der Waals surface area (Å²) in [6, 6.07) is 14.6. The normalized spacial score (nSPS) is 10.1. The van der Waals surface area contributed by atoms with Crippen molar-refractivity contribution >= 4 is 23.6 Å². The smallest absolute Gasteiger partial charge is 0.338 e. The summed E-state index contributed by atoms with van der Waals surface area (Å²) in [6.07, 6.45) is 0. The van der Waals surface area contributed by atoms with Crippen molar-refractivity contribution in [2.75, 3.05) is 33.1 Å². The van der Waals surface area contributed by atoms with Crippen LogP contribution in [0.2, 0.25) is 0 Å². The summed E-state index contributed by atoms with van der Waals surface area (Å²) < 4.78 is 15.2. The molecule has 0 atom stereocenters. The number of amides is 1. The van der Waals surface area contributed by atoms with Gasteiger partial charge in [-0.25, -0.2) is 4.79 Å². The largest absolute Gasteiger partial charge is 0.497 e. The molecule has 0 saturated heterocycles. The van der Waals surface area contributed by atoms with E-state index in [4.69, 9.17) is 14.2 Å². The quantitative estimate of drug-likeness (QED) is 0.413. The zero-order chi connectivity index (χ0) is 18.8. The standard InChI is InChI=1S/C19H21NO5S/c1-23-15-10-14(11-16(12-15)24-2)19(22)25-13-18(21)20-8-9-26-17-6-4-3-5-7-17/h3-7,10-12H,8-9,13H2,1-2H3,(H,20,21). The molecule has 0 aliphatic rings. The van der Waals surface area contributed by atoms with E-state index in [0.717, 1.165) is 10.6 Å². The van der Waals surface area contributed by atoms with Crippen LogP contribution in [0.4, 0.5) is 0 Å². The number of rotatable bonds is 9. The van der Waals surface area contributed by atoms with Crippen LogP contribution < -0.4 is 14.8 Å². The van der Waals surface area contributed by atoms with E-state index in [-0.39, 0.29) is 18.1 Å². The van der Waals surface area contributed by atoms with E-state index in [1.54, 1.807) is 17.8 Å². The van der Waals surface area contributed by atoms with Crippen molar-refractivity contribution in [3.8, 4) is 11.5 Å². The molecule has 2 rings (SSSR count). The van der Waals surface area contributed by atoms with Gasteiger partial charge in [-0.1, -0.05) is 18.2 Å². The van der Waals surface area contributed by atoms with Crippen LogP contribution in [0, 0.1) is 0 Å². The molecule has 0 aliphatic heterocycles. The van der Waals surface area contributed by atoms with Crippen LogP contribution in [0.5, 0.6) is 11.5 Å². The molecule has 138 valence electrons. The molecule has 0 heterocycles. The molecule has 0 aliphatic carbocycles. The van der Waals surface area contributed by atoms with Gasteiger partial charge in [-0.2, -0.15) is 0 Å². The van der Waals surface area contributed by atoms with Crippen molar-refractivity contribution in [3.63, 3.8) is 0 Å². The third-order valence-corrected chi connectivity index (χ3v) is 4.37. The van der Waals surface area contributed by atoms with Gasteiger partial charge in [0.05, 0.1) is 19.8 Å². The van der Waals surface area contributed by atoms with Crippen LogP contribution in [-0.2, 0) is 9.53 Å². The van der Waals surface area contributed by atoms with E-state index in [1.165, 1.54) is 26.4 Å². The van der Waals surface area contributed by atoms with Crippen LogP contribution >= 0.6 is 11.8 Å². The van der Waals surface area contributed by atoms with E-state index in [1.807, 2.05) is 30.3 Å². The molecular weight excluding hydrogens is 354 g/mol. The summed E-state index contributed by atoms with van der Waals surface area (Å²) in [5.41, 5.74) is 0.258. The summed E-state index contributed by atoms with van der Waals surface area (Å²) in [5, 5.41) is 2.72. The molecule has 2 aromatic rings. The number of hydrogen-bond donors (Lipinski definition) is 1. The van der Waals surface area contributed by atoms with E-state index in [2.05, 4.69) is 5.32 Å². The lowest BCUT2D eigenvalue weighted by molar-refractivity contribution is -0.124. The fourth-order valence-electron chi connectivity index (χ4n) is 2.07. The van der Waals surface area contributed by atoms with Crippen LogP contribution in [0.15, 0.2) is 53.4 Å². The first-order chi connectivity index (χ1) is 12.6. The van der Waals surface area contributed by atoms with Gasteiger partial charge in [0.15, 0.2) is 6.61 Å². The van der Waals surface area contributed by atoms with Gasteiger partial charge >= 0.3 is 5.97 Å². The average molecular weight is 375 g/mol. The van der Waals surface area contributed by atoms with Gasteiger partial charge in [0.1, 0.15) is 11.5 Å². The Bertz CT molecular complexity index is 714. The first-order valence-corrected chi connectivity index (χ1v) is 8.95. The Labute approximate surface area is 156 Å². The van der Waals surface area contributed by atoms with Crippen molar-refractivity contribution in [2.24, 2.45) is 0 Å². The minimum atomic E-state index is -0.615. The Balaban J connectivity index is 1.73. The van der Waals surface area contributed by atoms with Crippen molar-refractivity contribution in [1.29, 1.82) is 0 Å². The van der Waals surface area contributed by atoms with Crippen molar-refractivity contribution in [2.45, 2.75) is 4.90 Å². The predicted molar refractivity (Wildman–Crippen MR) is 100 cm³/mol. The zero-order valence-electron chi connectivity index (χ0n) is 14.7. The summed E-state index contributed by atoms with van der Waals surface area (Å²) in [6.45, 7) is 0.150. The molecular formula is C19H21NO5S. The van der Waals surface area contributed by atoms with Gasteiger partial charge < -0.3 is 19.5 Å². The second-order valence-electron chi connectivity index (χ2n) is 5.19. The fourth-order valence-corrected chi connectivity index (χ4v) is 2.86. The SMILES string of the molecule is COc1cc(OC)cc(C(=O)OCC(=O)NCCSc2ccccc2)c1. The lowest BCUT2D eigenvalue weighted by atomic mass is 10.2. The van der Waals surface area contributed by atoms with E-state index in [0.29, 0.717) is 18.0 Å². The van der Waals surface area contributed by atoms with Crippen molar-refractivity contribution in [1.82, 2.24) is 5.32 Å². The van der Waals surface area contributed by atoms with Crippen LogP contribution in [-0.4, -0.2) is 45.0 Å². The number of benzene rings is 2. The maximum absolute atomic E-state index is 12.1. The molecule has 0 unspecified atom stereocenters. The second-order valence-corrected chi connectivity index (χ2v) is 6.36. The highest BCUT2D eigenvalue weighted by atomic mass is 32.2. The van der Waals surface area contributed by atoms with Crippen molar-refractivity contribution in [3.05, 3.63) is 54.1 Å². The van der Waals surface area contributed by atoms with Crippen LogP contribution in [0.25, 0.3) is 0 Å². The number of hydrogen-bond acceptors (Lipinski definition) is 6. The molecule has 0 aromatic heterocycles. The predicted octanol–water partition coefficient (Wildman–Crippen LogP) is 2.77. The maximum atomic E-state index is 12.1. The highest BCUT2D eigenvalue weighted by Gasteiger charge is 2.13. The number of carbonyl (C=O) groups is 2. The molecule has 1 N–H and O–H groups in total. The van der Waals surface area contributed by atoms with Crippen LogP contribution in [0.1, 0.15) is 10.4 Å². The molecule has 0 bridgehead atoms. The highest BCUT2D eigenvalue weighted by molar-refractivity contribution is 7.99. The molecule has 0 fully saturated rings. The summed E-state index contributed by atoms with van der Waals surface area (Å²) in [4.78, 5) is 25.0. The Hall–Kier alpha value is -2.67. The minimum Gasteiger partial charge on any atom is -0.497 e. The monoisotopic (exact) mass is 375 g/mol. The molecule has 0 saturated carbocycles. The van der Waals surface area contributed by atoms with Gasteiger partial charge in [0, 0.05) is 23.3 Å². The third-order valence-electron chi connectivity index (χ3n) is 3.36. The molecule has 2 aromatic carbocycles. The first kappa shape index (κ1) is 19.7. The molecule has 1 amide bonds. The van der Waals surface area contributed by atoms with Crippen molar-refractivity contribution < 1.29 is 23.8 Å². The van der Waals surface area contributed by atoms with E-state index < -0.39 is 5.97 Å². The van der Waals surface area contributed by atoms with Gasteiger partial charge in [0.25, 0.3) is 5.91 Å². The molecule has 6 nitrogen and oxygen atoms in total. The molecule has 26 heavy (non-hydrogen) atoms. The molecule has 7 heteroatoms. The number of thioether (sulfide) groups is 1. The maximum Gasteiger partial charge on any atom is 0.338 e. The van der Waals surface area contributed by atoms with E-state index >= 15 is 0 Å². The van der Waals surface area contributed by atoms with Gasteiger partial charge in [-0.3, -0.25) is 4.79 Å². The third kappa shape index (κ3) is 6.33. The molecule has 0 radical (unpaired) electrons. The summed E-state index contributed by atoms with van der Waals surface area (Å²) in [5.74, 6) is 0.715. The van der Waals surface area contributed by atoms with E-state index in [9.17, 15) is 9.59 Å². The topological polar surface area (TPSA) is 73.9 Å². The first-order valence-electron chi connectivity index (χ1n) is 7.97. The Kier molecular flexibility index (Phi) is 7.82. The minimum absolute atomic E-state index is 0.258. The van der Waals surface area contributed by atoms with Gasteiger partial charge in [-0.15, -0.1) is 11.8 Å². The number of ether oxygens (including phenoxy) is 3. The number of carbonyl (C=O) groups excluding carboxylic acids is 2. The van der Waals surface area contributed by atoms with Gasteiger partial charge in [0.2, 0.25) is 0 Å². The van der Waals surface area contributed by atoms with Crippen LogP contribution in [0.3, 0.4) is 0 Å². The number of esters is 1. The zero-order valence-corrected chi connectivity index (χ0v) is 15.5. The Morgan fingerprint density at radius 1 is 1.00 bits per heavy atom. The van der Waals surface area contributed by atoms with Gasteiger partial charge in [-0.05, 0) is 24.3 Å². The number of methoxy groups -OCH3 is 2. The Morgan fingerprint density at radius 3 is 2.27 bits per heavy atom. The number of nitrogens with one attached hydrogen (secondary N) is 1. The fraction of sp³-hybridized carbons (Fsp3) is 0.263. The summed E-state index contributed by atoms with van der Waals surface area (Å²) >= 11 is 1.64. The Morgan fingerprint density at radius 2 is 1.65 bits per heavy atom. The average Bonchev–Trinajstić information content (AvgIpc) is 2.69. The lowest BCUT2D eigenvalue weighted by Gasteiger charge is -2.09. The summed E-state index contributed by atoms with van der Waals surface area (Å²) in [7, 11) is 2.98. The second kappa shape index (κ2) is 10.4.